The zero-order chi connectivity index (χ0) is 11.1. The second-order valence-corrected chi connectivity index (χ2v) is 9.71. The average Bonchev–Trinajstić information content (AvgIpc) is 2.73. The Morgan fingerprint density at radius 3 is 1.56 bits per heavy atom. The molecule has 0 nitrogen and oxygen atoms in total. The third kappa shape index (κ3) is 2.56. The minimum Gasteiger partial charge on any atom is -0.0889 e. The summed E-state index contributed by atoms with van der Waals surface area (Å²) in [6.45, 7) is 4.63. The summed E-state index contributed by atoms with van der Waals surface area (Å²) in [6.07, 6.45) is 10.4. The van der Waals surface area contributed by atoms with Gasteiger partial charge < -0.3 is 0 Å². The van der Waals surface area contributed by atoms with E-state index >= 15 is 0 Å². The van der Waals surface area contributed by atoms with Crippen LogP contribution in [-0.2, 0) is 26.2 Å². The summed E-state index contributed by atoms with van der Waals surface area (Å²) in [5.41, 5.74) is 0. The monoisotopic (exact) mass is 346 g/mol. The predicted molar refractivity (Wildman–Crippen MR) is 70.8 cm³/mol. The Labute approximate surface area is 127 Å². The van der Waals surface area contributed by atoms with Crippen LogP contribution in [0.2, 0.25) is 13.1 Å². The third-order valence-electron chi connectivity index (χ3n) is 3.09. The zero-order valence-electron chi connectivity index (χ0n) is 9.48. The van der Waals surface area contributed by atoms with E-state index < -0.39 is 8.07 Å². The van der Waals surface area contributed by atoms with E-state index in [1.165, 1.54) is 10.4 Å². The van der Waals surface area contributed by atoms with Crippen LogP contribution >= 0.6 is 23.2 Å². The molecular weight excluding hydrogens is 334 g/mol. The summed E-state index contributed by atoms with van der Waals surface area (Å²) in [5, 5.41) is 4.68. The van der Waals surface area contributed by atoms with Gasteiger partial charge in [-0.05, 0) is 10.4 Å². The van der Waals surface area contributed by atoms with E-state index in [-0.39, 0.29) is 26.2 Å². The number of hydrogen-bond donors (Lipinski definition) is 0. The minimum atomic E-state index is -1.64. The molecule has 2 aliphatic rings. The number of allylic oxidation sites excluding steroid dienone is 8. The van der Waals surface area contributed by atoms with Crippen molar-refractivity contribution in [3.63, 3.8) is 0 Å². The van der Waals surface area contributed by atoms with E-state index in [2.05, 4.69) is 37.4 Å². The van der Waals surface area contributed by atoms with Gasteiger partial charge in [-0.3, -0.25) is 0 Å². The van der Waals surface area contributed by atoms with Gasteiger partial charge in [-0.1, -0.05) is 60.6 Å². The van der Waals surface area contributed by atoms with Gasteiger partial charge in [0.2, 0.25) is 0 Å². The normalized spacial score (nSPS) is 19.8. The molecule has 0 spiro atoms. The van der Waals surface area contributed by atoms with Crippen LogP contribution in [-0.4, -0.2) is 8.07 Å². The van der Waals surface area contributed by atoms with Crippen molar-refractivity contribution in [3.05, 3.63) is 44.8 Å². The van der Waals surface area contributed by atoms with Crippen LogP contribution < -0.4 is 0 Å². The number of rotatable bonds is 2. The van der Waals surface area contributed by atoms with Crippen LogP contribution in [0.3, 0.4) is 0 Å². The number of halogens is 2. The molecule has 0 bridgehead atoms. The maximum absolute atomic E-state index is 6.25. The Balaban J connectivity index is 0.00000128. The summed E-state index contributed by atoms with van der Waals surface area (Å²) < 4.78 is 0. The minimum absolute atomic E-state index is 0. The van der Waals surface area contributed by atoms with Crippen molar-refractivity contribution in [2.75, 3.05) is 0 Å². The van der Waals surface area contributed by atoms with Crippen molar-refractivity contribution in [3.8, 4) is 0 Å². The maximum atomic E-state index is 6.25. The molecule has 2 rings (SSSR count). The molecule has 0 saturated carbocycles. The molecule has 0 unspecified atom stereocenters. The van der Waals surface area contributed by atoms with Gasteiger partial charge in [-0.15, -0.1) is 0 Å². The van der Waals surface area contributed by atoms with Crippen LogP contribution in [0.5, 0.6) is 0 Å². The van der Waals surface area contributed by atoms with Crippen LogP contribution in [0.15, 0.2) is 44.8 Å². The van der Waals surface area contributed by atoms with Crippen LogP contribution in [0.25, 0.3) is 0 Å². The van der Waals surface area contributed by atoms with Gasteiger partial charge in [-0.25, -0.2) is 0 Å². The van der Waals surface area contributed by atoms with E-state index in [1.54, 1.807) is 0 Å². The Bertz CT molecular complexity index is 379. The fraction of sp³-hybridized carbons (Fsp3) is 0.333. The Hall–Kier alpha value is 0.640. The first-order valence-electron chi connectivity index (χ1n) is 5.15. The van der Waals surface area contributed by atoms with Gasteiger partial charge in [0.1, 0.15) is 8.07 Å². The summed E-state index contributed by atoms with van der Waals surface area (Å²) in [6, 6.07) is 0. The van der Waals surface area contributed by atoms with Gasteiger partial charge in [0.15, 0.2) is 0 Å². The fourth-order valence-electron chi connectivity index (χ4n) is 2.20. The van der Waals surface area contributed by atoms with Crippen LogP contribution in [0.1, 0.15) is 12.8 Å². The molecule has 0 aliphatic heterocycles. The first-order valence-corrected chi connectivity index (χ1v) is 8.90. The summed E-state index contributed by atoms with van der Waals surface area (Å²) in [7, 11) is -1.64. The van der Waals surface area contributed by atoms with E-state index in [0.29, 0.717) is 0 Å². The molecule has 84 valence electrons. The summed E-state index contributed by atoms with van der Waals surface area (Å²) in [4.78, 5) is 0. The predicted octanol–water partition coefficient (Wildman–Crippen LogP) is 4.68. The molecular formula is C12H14Cl2SiZr. The van der Waals surface area contributed by atoms with Crippen LogP contribution in [0, 0.1) is 0 Å². The molecule has 0 aromatic carbocycles. The first kappa shape index (κ1) is 14.7. The maximum Gasteiger partial charge on any atom is 0.115 e. The van der Waals surface area contributed by atoms with Crippen molar-refractivity contribution >= 4 is 31.3 Å². The second-order valence-electron chi connectivity index (χ2n) is 4.48. The first-order chi connectivity index (χ1) is 7.03. The van der Waals surface area contributed by atoms with Crippen LogP contribution in [0.4, 0.5) is 0 Å². The topological polar surface area (TPSA) is 0 Å². The van der Waals surface area contributed by atoms with Crippen molar-refractivity contribution in [1.29, 1.82) is 0 Å². The van der Waals surface area contributed by atoms with E-state index in [1.807, 2.05) is 0 Å². The van der Waals surface area contributed by atoms with E-state index in [9.17, 15) is 0 Å². The molecule has 4 heteroatoms. The summed E-state index contributed by atoms with van der Waals surface area (Å²) >= 11 is 12.5. The van der Waals surface area contributed by atoms with Crippen molar-refractivity contribution in [2.45, 2.75) is 25.9 Å². The molecule has 0 amide bonds. The van der Waals surface area contributed by atoms with Crippen molar-refractivity contribution < 1.29 is 26.2 Å². The molecule has 0 radical (unpaired) electrons. The molecule has 2 aliphatic carbocycles. The molecule has 0 heterocycles. The third-order valence-corrected chi connectivity index (χ3v) is 7.76. The van der Waals surface area contributed by atoms with Gasteiger partial charge in [-0.2, -0.15) is 0 Å². The molecule has 0 atom stereocenters. The van der Waals surface area contributed by atoms with E-state index in [4.69, 9.17) is 23.2 Å². The molecule has 0 aromatic rings. The van der Waals surface area contributed by atoms with E-state index in [0.717, 1.165) is 22.9 Å². The largest absolute Gasteiger partial charge is 0.115 e. The Morgan fingerprint density at radius 2 is 1.31 bits per heavy atom. The zero-order valence-corrected chi connectivity index (χ0v) is 14.4. The number of hydrogen-bond acceptors (Lipinski definition) is 0. The molecule has 16 heavy (non-hydrogen) atoms. The van der Waals surface area contributed by atoms with Crippen molar-refractivity contribution in [1.82, 2.24) is 0 Å². The molecule has 0 N–H and O–H groups in total. The van der Waals surface area contributed by atoms with Gasteiger partial charge in [0.05, 0.1) is 0 Å². The quantitative estimate of drug-likeness (QED) is 0.636. The van der Waals surface area contributed by atoms with Gasteiger partial charge >= 0.3 is 0 Å². The smallest absolute Gasteiger partial charge is 0.0889 e. The standard InChI is InChI=1S/C12H14Cl2Si.Zr/c1-15(2,11-7-3-5-9(11)13)12-8-4-6-10(12)14;/h3-4,7-8H,5-6H2,1-2H3;. The Kier molecular flexibility index (Phi) is 5.07. The Morgan fingerprint density at radius 1 is 0.938 bits per heavy atom. The summed E-state index contributed by atoms with van der Waals surface area (Å²) in [5.74, 6) is 0. The van der Waals surface area contributed by atoms with Gasteiger partial charge in [0.25, 0.3) is 0 Å². The van der Waals surface area contributed by atoms with Crippen molar-refractivity contribution in [2.24, 2.45) is 0 Å². The SMILES string of the molecule is C[Si](C)(C1=C(Cl)CC=C1)C1=C(Cl)CC=C1.[Zr]. The molecule has 0 saturated heterocycles. The molecule has 0 fully saturated rings. The fourth-order valence-corrected chi connectivity index (χ4v) is 6.84. The van der Waals surface area contributed by atoms with Gasteiger partial charge in [0, 0.05) is 49.1 Å². The molecule has 0 aromatic heterocycles. The second kappa shape index (κ2) is 5.52. The average molecular weight is 348 g/mol.